The Kier molecular flexibility index (Phi) is 5.11. The number of amides is 3. The second kappa shape index (κ2) is 8.03. The summed E-state index contributed by atoms with van der Waals surface area (Å²) in [6.45, 7) is 0. The molecule has 3 aromatic rings. The van der Waals surface area contributed by atoms with Crippen LogP contribution in [0.2, 0.25) is 0 Å². The molecule has 152 valence electrons. The van der Waals surface area contributed by atoms with Crippen molar-refractivity contribution < 1.29 is 19.3 Å². The van der Waals surface area contributed by atoms with Crippen LogP contribution in [0.5, 0.6) is 0 Å². The summed E-state index contributed by atoms with van der Waals surface area (Å²) in [5.41, 5.74) is 1.36. The van der Waals surface area contributed by atoms with E-state index in [4.69, 9.17) is 0 Å². The smallest absolute Gasteiger partial charge is 0.270 e. The molecule has 0 aliphatic carbocycles. The molecule has 0 unspecified atom stereocenters. The topological polar surface area (TPSA) is 110 Å². The second-order valence-electron chi connectivity index (χ2n) is 6.68. The fourth-order valence-electron chi connectivity index (χ4n) is 3.29. The minimum atomic E-state index is -0.543. The molecule has 0 saturated heterocycles. The summed E-state index contributed by atoms with van der Waals surface area (Å²) in [4.78, 5) is 49.5. The van der Waals surface area contributed by atoms with Gasteiger partial charge in [0.25, 0.3) is 17.5 Å². The van der Waals surface area contributed by atoms with E-state index >= 15 is 0 Å². The predicted molar refractivity (Wildman–Crippen MR) is 115 cm³/mol. The molecular formula is C23H15N3O5. The SMILES string of the molecule is O=C(/C=C/c1cccc([N+](=O)[O-])c1)Nc1cccc2c1C(=O)N(c1ccccc1)C2=O. The summed E-state index contributed by atoms with van der Waals surface area (Å²) in [5.74, 6) is -1.53. The number of anilines is 2. The van der Waals surface area contributed by atoms with E-state index < -0.39 is 22.6 Å². The van der Waals surface area contributed by atoms with Gasteiger partial charge < -0.3 is 5.32 Å². The number of nitro groups is 1. The maximum atomic E-state index is 13.0. The number of imide groups is 1. The summed E-state index contributed by atoms with van der Waals surface area (Å²) in [6.07, 6.45) is 2.63. The van der Waals surface area contributed by atoms with Crippen molar-refractivity contribution in [1.82, 2.24) is 0 Å². The summed E-state index contributed by atoms with van der Waals surface area (Å²) in [6, 6.07) is 19.0. The number of hydrogen-bond acceptors (Lipinski definition) is 5. The maximum absolute atomic E-state index is 13.0. The van der Waals surface area contributed by atoms with Crippen LogP contribution in [0.1, 0.15) is 26.3 Å². The quantitative estimate of drug-likeness (QED) is 0.294. The van der Waals surface area contributed by atoms with Crippen LogP contribution in [0, 0.1) is 10.1 Å². The second-order valence-corrected chi connectivity index (χ2v) is 6.68. The summed E-state index contributed by atoms with van der Waals surface area (Å²) in [5, 5.41) is 13.5. The highest BCUT2D eigenvalue weighted by Gasteiger charge is 2.38. The van der Waals surface area contributed by atoms with Crippen molar-refractivity contribution in [2.75, 3.05) is 10.2 Å². The van der Waals surface area contributed by atoms with E-state index in [0.29, 0.717) is 11.3 Å². The largest absolute Gasteiger partial charge is 0.322 e. The number of carbonyl (C=O) groups is 3. The summed E-state index contributed by atoms with van der Waals surface area (Å²) in [7, 11) is 0. The van der Waals surface area contributed by atoms with Gasteiger partial charge in [0, 0.05) is 18.2 Å². The Bertz CT molecular complexity index is 1250. The number of nitrogens with one attached hydrogen (secondary N) is 1. The molecule has 3 amide bonds. The van der Waals surface area contributed by atoms with Crippen molar-refractivity contribution in [3.05, 3.63) is 106 Å². The third kappa shape index (κ3) is 3.82. The molecule has 0 bridgehead atoms. The van der Waals surface area contributed by atoms with Crippen molar-refractivity contribution in [1.29, 1.82) is 0 Å². The number of fused-ring (bicyclic) bond motifs is 1. The van der Waals surface area contributed by atoms with Gasteiger partial charge in [-0.15, -0.1) is 0 Å². The molecule has 3 aromatic carbocycles. The summed E-state index contributed by atoms with van der Waals surface area (Å²) >= 11 is 0. The first-order valence-corrected chi connectivity index (χ1v) is 9.26. The third-order valence-corrected chi connectivity index (χ3v) is 4.70. The molecule has 1 aliphatic heterocycles. The van der Waals surface area contributed by atoms with Gasteiger partial charge in [-0.3, -0.25) is 24.5 Å². The molecule has 0 radical (unpaired) electrons. The van der Waals surface area contributed by atoms with Gasteiger partial charge in [-0.1, -0.05) is 36.4 Å². The van der Waals surface area contributed by atoms with Crippen molar-refractivity contribution in [3.8, 4) is 0 Å². The molecule has 0 spiro atoms. The van der Waals surface area contributed by atoms with E-state index in [1.54, 1.807) is 42.5 Å². The molecule has 0 aromatic heterocycles. The Morgan fingerprint density at radius 2 is 1.68 bits per heavy atom. The minimum absolute atomic E-state index is 0.0893. The normalized spacial score (nSPS) is 12.8. The van der Waals surface area contributed by atoms with Crippen LogP contribution < -0.4 is 10.2 Å². The monoisotopic (exact) mass is 413 g/mol. The van der Waals surface area contributed by atoms with Gasteiger partial charge in [0.1, 0.15) is 0 Å². The van der Waals surface area contributed by atoms with E-state index in [-0.39, 0.29) is 22.5 Å². The highest BCUT2D eigenvalue weighted by atomic mass is 16.6. The minimum Gasteiger partial charge on any atom is -0.322 e. The van der Waals surface area contributed by atoms with E-state index in [2.05, 4.69) is 5.32 Å². The first kappa shape index (κ1) is 19.7. The van der Waals surface area contributed by atoms with Gasteiger partial charge in [0.05, 0.1) is 27.4 Å². The lowest BCUT2D eigenvalue weighted by Crippen LogP contribution is -2.29. The molecule has 31 heavy (non-hydrogen) atoms. The number of para-hydroxylation sites is 1. The summed E-state index contributed by atoms with van der Waals surface area (Å²) < 4.78 is 0. The average Bonchev–Trinajstić information content (AvgIpc) is 3.04. The van der Waals surface area contributed by atoms with Gasteiger partial charge in [-0.05, 0) is 35.9 Å². The number of nitrogens with zero attached hydrogens (tertiary/aromatic N) is 2. The van der Waals surface area contributed by atoms with E-state index in [9.17, 15) is 24.5 Å². The molecule has 1 heterocycles. The molecule has 0 saturated carbocycles. The molecule has 0 atom stereocenters. The number of non-ortho nitro benzene ring substituents is 1. The number of benzene rings is 3. The van der Waals surface area contributed by atoms with Crippen LogP contribution in [-0.2, 0) is 4.79 Å². The van der Waals surface area contributed by atoms with Crippen molar-refractivity contribution in [2.24, 2.45) is 0 Å². The number of rotatable bonds is 5. The maximum Gasteiger partial charge on any atom is 0.270 e. The van der Waals surface area contributed by atoms with Crippen LogP contribution in [-0.4, -0.2) is 22.6 Å². The standard InChI is InChI=1S/C23H15N3O5/c27-20(13-12-15-6-4-9-17(14-15)26(30)31)24-19-11-5-10-18-21(19)23(29)25(22(18)28)16-7-2-1-3-8-16/h1-14H,(H,24,27)/b13-12+. The Hall–Kier alpha value is -4.59. The van der Waals surface area contributed by atoms with Gasteiger partial charge in [-0.2, -0.15) is 0 Å². The van der Waals surface area contributed by atoms with Crippen molar-refractivity contribution in [3.63, 3.8) is 0 Å². The lowest BCUT2D eigenvalue weighted by molar-refractivity contribution is -0.384. The van der Waals surface area contributed by atoms with E-state index in [0.717, 1.165) is 4.90 Å². The highest BCUT2D eigenvalue weighted by molar-refractivity contribution is 6.36. The highest BCUT2D eigenvalue weighted by Crippen LogP contribution is 2.32. The fraction of sp³-hybridized carbons (Fsp3) is 0. The Morgan fingerprint density at radius 3 is 2.42 bits per heavy atom. The molecular weight excluding hydrogens is 398 g/mol. The molecule has 4 rings (SSSR count). The van der Waals surface area contributed by atoms with Gasteiger partial charge in [-0.25, -0.2) is 4.90 Å². The zero-order valence-corrected chi connectivity index (χ0v) is 16.0. The van der Waals surface area contributed by atoms with Crippen LogP contribution in [0.15, 0.2) is 78.9 Å². The fourth-order valence-corrected chi connectivity index (χ4v) is 3.29. The van der Waals surface area contributed by atoms with Gasteiger partial charge >= 0.3 is 0 Å². The lowest BCUT2D eigenvalue weighted by Gasteiger charge is -2.13. The van der Waals surface area contributed by atoms with Gasteiger partial charge in [0.15, 0.2) is 0 Å². The molecule has 1 aliphatic rings. The molecule has 0 fully saturated rings. The van der Waals surface area contributed by atoms with Crippen LogP contribution in [0.3, 0.4) is 0 Å². The average molecular weight is 413 g/mol. The van der Waals surface area contributed by atoms with Crippen molar-refractivity contribution in [2.45, 2.75) is 0 Å². The zero-order chi connectivity index (χ0) is 22.0. The Labute approximate surface area is 176 Å². The van der Waals surface area contributed by atoms with Gasteiger partial charge in [0.2, 0.25) is 5.91 Å². The Balaban J connectivity index is 1.57. The molecule has 8 nitrogen and oxygen atoms in total. The third-order valence-electron chi connectivity index (χ3n) is 4.70. The van der Waals surface area contributed by atoms with E-state index in [1.807, 2.05) is 0 Å². The molecule has 8 heteroatoms. The van der Waals surface area contributed by atoms with Crippen molar-refractivity contribution >= 4 is 40.9 Å². The zero-order valence-electron chi connectivity index (χ0n) is 16.0. The number of carbonyl (C=O) groups excluding carboxylic acids is 3. The Morgan fingerprint density at radius 1 is 0.935 bits per heavy atom. The first-order chi connectivity index (χ1) is 15.0. The van der Waals surface area contributed by atoms with Crippen LogP contribution in [0.4, 0.5) is 17.1 Å². The number of hydrogen-bond donors (Lipinski definition) is 1. The van der Waals surface area contributed by atoms with Crippen LogP contribution in [0.25, 0.3) is 6.08 Å². The predicted octanol–water partition coefficient (Wildman–Crippen LogP) is 4.05. The van der Waals surface area contributed by atoms with Crippen LogP contribution >= 0.6 is 0 Å². The molecule has 1 N–H and O–H groups in total. The lowest BCUT2D eigenvalue weighted by atomic mass is 10.1. The van der Waals surface area contributed by atoms with E-state index in [1.165, 1.54) is 42.5 Å². The number of nitro benzene ring substituents is 1. The first-order valence-electron chi connectivity index (χ1n) is 9.26.